The molecule has 0 amide bonds. The molecule has 0 nitrogen and oxygen atoms in total. The van der Waals surface area contributed by atoms with Crippen LogP contribution in [0.1, 0.15) is 69.9 Å². The van der Waals surface area contributed by atoms with Gasteiger partial charge in [0.1, 0.15) is 0 Å². The minimum absolute atomic E-state index is 0.837. The summed E-state index contributed by atoms with van der Waals surface area (Å²) in [4.78, 5) is 0. The van der Waals surface area contributed by atoms with Gasteiger partial charge in [-0.15, -0.1) is 0 Å². The Morgan fingerprint density at radius 3 is 2.59 bits per heavy atom. The van der Waals surface area contributed by atoms with E-state index in [1.807, 2.05) is 13.8 Å². The van der Waals surface area contributed by atoms with Crippen molar-refractivity contribution in [3.05, 3.63) is 35.4 Å². The largest absolute Gasteiger partial charge is 0.0683 e. The SMILES string of the molecule is CC.CCC1CCC[C@@H](c2cccc(C)c2)C1. The fourth-order valence-electron chi connectivity index (χ4n) is 2.89. The molecule has 2 rings (SSSR count). The van der Waals surface area contributed by atoms with Gasteiger partial charge in [0.2, 0.25) is 0 Å². The van der Waals surface area contributed by atoms with Crippen molar-refractivity contribution >= 4 is 0 Å². The highest BCUT2D eigenvalue weighted by atomic mass is 14.3. The maximum absolute atomic E-state index is 2.38. The zero-order valence-electron chi connectivity index (χ0n) is 12.0. The summed E-state index contributed by atoms with van der Waals surface area (Å²) < 4.78 is 0. The third-order valence-electron chi connectivity index (χ3n) is 3.87. The molecule has 1 saturated carbocycles. The van der Waals surface area contributed by atoms with Crippen molar-refractivity contribution < 1.29 is 0 Å². The van der Waals surface area contributed by atoms with Gasteiger partial charge in [-0.1, -0.05) is 69.9 Å². The van der Waals surface area contributed by atoms with Crippen LogP contribution in [0.2, 0.25) is 0 Å². The van der Waals surface area contributed by atoms with Crippen molar-refractivity contribution in [1.82, 2.24) is 0 Å². The first-order chi connectivity index (χ1) is 8.29. The zero-order chi connectivity index (χ0) is 12.7. The van der Waals surface area contributed by atoms with Crippen LogP contribution >= 0.6 is 0 Å². The molecule has 0 N–H and O–H groups in total. The molecule has 0 heterocycles. The Bertz CT molecular complexity index is 314. The van der Waals surface area contributed by atoms with Gasteiger partial charge in [0.05, 0.1) is 0 Å². The quantitative estimate of drug-likeness (QED) is 0.613. The number of rotatable bonds is 2. The van der Waals surface area contributed by atoms with Gasteiger partial charge in [-0.3, -0.25) is 0 Å². The Labute approximate surface area is 107 Å². The fraction of sp³-hybridized carbons (Fsp3) is 0.647. The predicted molar refractivity (Wildman–Crippen MR) is 77.5 cm³/mol. The number of benzene rings is 1. The van der Waals surface area contributed by atoms with Gasteiger partial charge in [0.15, 0.2) is 0 Å². The lowest BCUT2D eigenvalue weighted by Gasteiger charge is -2.28. The maximum atomic E-state index is 2.38. The highest BCUT2D eigenvalue weighted by Gasteiger charge is 2.21. The van der Waals surface area contributed by atoms with Crippen LogP contribution in [-0.4, -0.2) is 0 Å². The van der Waals surface area contributed by atoms with Crippen LogP contribution < -0.4 is 0 Å². The Morgan fingerprint density at radius 1 is 1.18 bits per heavy atom. The first-order valence-electron chi connectivity index (χ1n) is 7.36. The van der Waals surface area contributed by atoms with Crippen LogP contribution in [0.5, 0.6) is 0 Å². The van der Waals surface area contributed by atoms with Crippen LogP contribution in [-0.2, 0) is 0 Å². The molecule has 2 atom stereocenters. The van der Waals surface area contributed by atoms with E-state index in [9.17, 15) is 0 Å². The molecule has 1 fully saturated rings. The average molecular weight is 232 g/mol. The summed E-state index contributed by atoms with van der Waals surface area (Å²) in [6.45, 7) is 8.53. The lowest BCUT2D eigenvalue weighted by molar-refractivity contribution is 0.314. The first kappa shape index (κ1) is 14.3. The van der Waals surface area contributed by atoms with Gasteiger partial charge < -0.3 is 0 Å². The summed E-state index contributed by atoms with van der Waals surface area (Å²) in [7, 11) is 0. The van der Waals surface area contributed by atoms with Crippen molar-refractivity contribution in [1.29, 1.82) is 0 Å². The van der Waals surface area contributed by atoms with Gasteiger partial charge in [-0.05, 0) is 37.2 Å². The van der Waals surface area contributed by atoms with E-state index in [0.29, 0.717) is 0 Å². The molecule has 0 bridgehead atoms. The molecule has 0 radical (unpaired) electrons. The van der Waals surface area contributed by atoms with Crippen LogP contribution in [0.3, 0.4) is 0 Å². The van der Waals surface area contributed by atoms with Gasteiger partial charge in [-0.2, -0.15) is 0 Å². The Kier molecular flexibility index (Phi) is 6.32. The zero-order valence-corrected chi connectivity index (χ0v) is 12.0. The van der Waals surface area contributed by atoms with E-state index in [2.05, 4.69) is 38.1 Å². The minimum atomic E-state index is 0.837. The number of hydrogen-bond donors (Lipinski definition) is 0. The molecule has 96 valence electrons. The molecule has 1 aliphatic rings. The molecule has 0 aromatic heterocycles. The third-order valence-corrected chi connectivity index (χ3v) is 3.87. The highest BCUT2D eigenvalue weighted by Crippen LogP contribution is 2.37. The lowest BCUT2D eigenvalue weighted by Crippen LogP contribution is -2.13. The molecule has 1 aliphatic carbocycles. The van der Waals surface area contributed by atoms with Gasteiger partial charge in [0, 0.05) is 0 Å². The molecule has 0 heteroatoms. The maximum Gasteiger partial charge on any atom is -0.0159 e. The van der Waals surface area contributed by atoms with Crippen LogP contribution in [0, 0.1) is 12.8 Å². The standard InChI is InChI=1S/C15H22.C2H6/c1-3-13-7-5-9-15(11-13)14-8-4-6-12(2)10-14;1-2/h4,6,8,10,13,15H,3,5,7,9,11H2,1-2H3;1-2H3/t13?,15-;/m1./s1. The Hall–Kier alpha value is -0.780. The van der Waals surface area contributed by atoms with Crippen LogP contribution in [0.4, 0.5) is 0 Å². The Balaban J connectivity index is 0.000000686. The smallest absolute Gasteiger partial charge is 0.0159 e. The van der Waals surface area contributed by atoms with E-state index in [1.54, 1.807) is 5.56 Å². The topological polar surface area (TPSA) is 0 Å². The van der Waals surface area contributed by atoms with E-state index in [-0.39, 0.29) is 0 Å². The summed E-state index contributed by atoms with van der Waals surface area (Å²) in [5.41, 5.74) is 2.99. The second-order valence-electron chi connectivity index (χ2n) is 5.05. The minimum Gasteiger partial charge on any atom is -0.0683 e. The summed E-state index contributed by atoms with van der Waals surface area (Å²) in [6.07, 6.45) is 7.07. The molecule has 0 saturated heterocycles. The molecule has 0 spiro atoms. The second kappa shape index (κ2) is 7.53. The number of hydrogen-bond acceptors (Lipinski definition) is 0. The molecular weight excluding hydrogens is 204 g/mol. The van der Waals surface area contributed by atoms with Gasteiger partial charge >= 0.3 is 0 Å². The number of aryl methyl sites for hydroxylation is 1. The van der Waals surface area contributed by atoms with Crippen LogP contribution in [0.15, 0.2) is 24.3 Å². The summed E-state index contributed by atoms with van der Waals surface area (Å²) in [6, 6.07) is 9.10. The van der Waals surface area contributed by atoms with Gasteiger partial charge in [0.25, 0.3) is 0 Å². The van der Waals surface area contributed by atoms with Gasteiger partial charge in [-0.25, -0.2) is 0 Å². The summed E-state index contributed by atoms with van der Waals surface area (Å²) >= 11 is 0. The molecule has 1 aromatic carbocycles. The molecule has 17 heavy (non-hydrogen) atoms. The highest BCUT2D eigenvalue weighted by molar-refractivity contribution is 5.25. The fourth-order valence-corrected chi connectivity index (χ4v) is 2.89. The normalized spacial score (nSPS) is 23.8. The van der Waals surface area contributed by atoms with Crippen molar-refractivity contribution in [2.45, 2.75) is 65.7 Å². The van der Waals surface area contributed by atoms with Crippen molar-refractivity contribution in [2.75, 3.05) is 0 Å². The Morgan fingerprint density at radius 2 is 1.94 bits per heavy atom. The molecule has 0 aliphatic heterocycles. The van der Waals surface area contributed by atoms with E-state index < -0.39 is 0 Å². The van der Waals surface area contributed by atoms with Crippen LogP contribution in [0.25, 0.3) is 0 Å². The predicted octanol–water partition coefficient (Wildman–Crippen LogP) is 5.71. The van der Waals surface area contributed by atoms with E-state index in [0.717, 1.165) is 11.8 Å². The van der Waals surface area contributed by atoms with E-state index in [1.165, 1.54) is 37.7 Å². The van der Waals surface area contributed by atoms with E-state index >= 15 is 0 Å². The van der Waals surface area contributed by atoms with Crippen molar-refractivity contribution in [3.8, 4) is 0 Å². The average Bonchev–Trinajstić information content (AvgIpc) is 2.41. The van der Waals surface area contributed by atoms with Crippen molar-refractivity contribution in [2.24, 2.45) is 5.92 Å². The lowest BCUT2D eigenvalue weighted by atomic mass is 9.77. The third kappa shape index (κ3) is 4.18. The summed E-state index contributed by atoms with van der Waals surface area (Å²) in [5, 5.41) is 0. The molecular formula is C17H28. The second-order valence-corrected chi connectivity index (χ2v) is 5.05. The summed E-state index contributed by atoms with van der Waals surface area (Å²) in [5.74, 6) is 1.81. The monoisotopic (exact) mass is 232 g/mol. The van der Waals surface area contributed by atoms with E-state index in [4.69, 9.17) is 0 Å². The first-order valence-corrected chi connectivity index (χ1v) is 7.36. The van der Waals surface area contributed by atoms with Crippen molar-refractivity contribution in [3.63, 3.8) is 0 Å². The molecule has 1 unspecified atom stereocenters. The molecule has 1 aromatic rings.